The lowest BCUT2D eigenvalue weighted by Gasteiger charge is -1.91. The van der Waals surface area contributed by atoms with Crippen LogP contribution in [0.5, 0.6) is 0 Å². The first-order valence-corrected chi connectivity index (χ1v) is 5.39. The number of hydrogen-bond acceptors (Lipinski definition) is 3. The highest BCUT2D eigenvalue weighted by molar-refractivity contribution is 9.10. The van der Waals surface area contributed by atoms with Gasteiger partial charge in [0.25, 0.3) is 0 Å². The van der Waals surface area contributed by atoms with Crippen molar-refractivity contribution in [2.24, 2.45) is 0 Å². The van der Waals surface area contributed by atoms with Crippen LogP contribution in [-0.2, 0) is 0 Å². The average molecular weight is 262 g/mol. The number of thiophene rings is 1. The monoisotopic (exact) mass is 261 g/mol. The summed E-state index contributed by atoms with van der Waals surface area (Å²) in [5, 5.41) is 12.4. The molecule has 0 spiro atoms. The fourth-order valence-corrected chi connectivity index (χ4v) is 2.25. The van der Waals surface area contributed by atoms with E-state index < -0.39 is 0 Å². The molecule has 0 radical (unpaired) electrons. The Labute approximate surface area is 88.4 Å². The fourth-order valence-electron chi connectivity index (χ4n) is 0.852. The van der Waals surface area contributed by atoms with E-state index in [2.05, 4.69) is 15.9 Å². The van der Waals surface area contributed by atoms with Crippen LogP contribution in [0.3, 0.4) is 0 Å². The van der Waals surface area contributed by atoms with Gasteiger partial charge in [0, 0.05) is 27.2 Å². The molecule has 0 unspecified atom stereocenters. The smallest absolute Gasteiger partial charge is 0.247 e. The molecule has 0 aliphatic carbocycles. The van der Waals surface area contributed by atoms with Crippen molar-refractivity contribution < 1.29 is 4.92 Å². The molecule has 13 heavy (non-hydrogen) atoms. The maximum atomic E-state index is 10.5. The van der Waals surface area contributed by atoms with Crippen molar-refractivity contribution in [1.29, 1.82) is 0 Å². The molecule has 0 saturated heterocycles. The maximum absolute atomic E-state index is 10.5. The Balaban J connectivity index is 2.91. The minimum atomic E-state index is -0.340. The number of nitrogens with zero attached hydrogens (tertiary/aromatic N) is 1. The molecule has 1 heterocycles. The van der Waals surface area contributed by atoms with Gasteiger partial charge in [0.15, 0.2) is 0 Å². The molecular weight excluding hydrogens is 254 g/mol. The minimum Gasteiger partial charge on any atom is -0.259 e. The number of halogens is 1. The van der Waals surface area contributed by atoms with Gasteiger partial charge >= 0.3 is 0 Å². The lowest BCUT2D eigenvalue weighted by atomic mass is 10.3. The summed E-state index contributed by atoms with van der Waals surface area (Å²) in [7, 11) is 0. The Bertz CT molecular complexity index is 346. The summed E-state index contributed by atoms with van der Waals surface area (Å²) < 4.78 is 0.961. The normalized spacial score (nSPS) is 11.7. The van der Waals surface area contributed by atoms with Gasteiger partial charge in [-0.3, -0.25) is 10.1 Å². The first-order valence-electron chi connectivity index (χ1n) is 3.72. The molecule has 0 N–H and O–H groups in total. The number of rotatable bonds is 3. The molecule has 0 aliphatic heterocycles. The average Bonchev–Trinajstić information content (AvgIpc) is 2.46. The molecule has 0 saturated carbocycles. The van der Waals surface area contributed by atoms with E-state index >= 15 is 0 Å². The summed E-state index contributed by atoms with van der Waals surface area (Å²) in [6.45, 7) is 1.78. The zero-order valence-electron chi connectivity index (χ0n) is 6.99. The molecule has 0 bridgehead atoms. The van der Waals surface area contributed by atoms with Crippen LogP contribution in [0.25, 0.3) is 6.08 Å². The second-order valence-corrected chi connectivity index (χ2v) is 4.27. The molecule has 70 valence electrons. The molecule has 5 heteroatoms. The minimum absolute atomic E-state index is 0.245. The van der Waals surface area contributed by atoms with Crippen LogP contribution in [0.15, 0.2) is 21.6 Å². The van der Waals surface area contributed by atoms with Crippen LogP contribution in [0.1, 0.15) is 18.2 Å². The van der Waals surface area contributed by atoms with Crippen molar-refractivity contribution in [2.75, 3.05) is 0 Å². The number of hydrogen-bond donors (Lipinski definition) is 0. The number of nitro groups is 1. The number of allylic oxidation sites excluding steroid dienone is 1. The third-order valence-electron chi connectivity index (χ3n) is 1.49. The fraction of sp³-hybridized carbons (Fsp3) is 0.250. The summed E-state index contributed by atoms with van der Waals surface area (Å²) in [5.74, 6) is 0. The zero-order chi connectivity index (χ0) is 9.84. The topological polar surface area (TPSA) is 43.1 Å². The van der Waals surface area contributed by atoms with Gasteiger partial charge in [-0.1, -0.05) is 6.92 Å². The summed E-state index contributed by atoms with van der Waals surface area (Å²) in [6.07, 6.45) is 2.05. The highest BCUT2D eigenvalue weighted by Crippen LogP contribution is 2.22. The third-order valence-corrected chi connectivity index (χ3v) is 3.13. The predicted octanol–water partition coefficient (Wildman–Crippen LogP) is 3.54. The highest BCUT2D eigenvalue weighted by atomic mass is 79.9. The Hall–Kier alpha value is -0.680. The van der Waals surface area contributed by atoms with Crippen LogP contribution in [-0.4, -0.2) is 4.92 Å². The Kier molecular flexibility index (Phi) is 3.62. The van der Waals surface area contributed by atoms with E-state index in [1.165, 1.54) is 11.3 Å². The second-order valence-electron chi connectivity index (χ2n) is 2.41. The molecule has 0 fully saturated rings. The first kappa shape index (κ1) is 10.4. The molecule has 0 aliphatic rings. The third kappa shape index (κ3) is 2.93. The van der Waals surface area contributed by atoms with E-state index in [4.69, 9.17) is 0 Å². The van der Waals surface area contributed by atoms with Gasteiger partial charge in [0.05, 0.1) is 4.92 Å². The van der Waals surface area contributed by atoms with Crippen molar-refractivity contribution in [3.05, 3.63) is 36.6 Å². The van der Waals surface area contributed by atoms with Crippen molar-refractivity contribution >= 4 is 33.3 Å². The lowest BCUT2D eigenvalue weighted by Crippen LogP contribution is -1.95. The maximum Gasteiger partial charge on any atom is 0.247 e. The van der Waals surface area contributed by atoms with Crippen molar-refractivity contribution in [3.63, 3.8) is 0 Å². The quantitative estimate of drug-likeness (QED) is 0.617. The van der Waals surface area contributed by atoms with E-state index in [0.717, 1.165) is 9.35 Å². The Morgan fingerprint density at radius 2 is 2.54 bits per heavy atom. The van der Waals surface area contributed by atoms with E-state index in [0.29, 0.717) is 6.42 Å². The van der Waals surface area contributed by atoms with Crippen LogP contribution in [0.4, 0.5) is 0 Å². The second kappa shape index (κ2) is 4.53. The highest BCUT2D eigenvalue weighted by Gasteiger charge is 2.07. The van der Waals surface area contributed by atoms with Gasteiger partial charge in [-0.2, -0.15) is 0 Å². The molecular formula is C8H8BrNO2S. The Morgan fingerprint density at radius 1 is 1.85 bits per heavy atom. The van der Waals surface area contributed by atoms with Gasteiger partial charge < -0.3 is 0 Å². The van der Waals surface area contributed by atoms with Crippen LogP contribution < -0.4 is 0 Å². The molecule has 0 atom stereocenters. The van der Waals surface area contributed by atoms with E-state index in [9.17, 15) is 10.1 Å². The van der Waals surface area contributed by atoms with Crippen molar-refractivity contribution in [1.82, 2.24) is 0 Å². The van der Waals surface area contributed by atoms with Gasteiger partial charge in [-0.15, -0.1) is 11.3 Å². The van der Waals surface area contributed by atoms with Crippen molar-refractivity contribution in [2.45, 2.75) is 13.3 Å². The van der Waals surface area contributed by atoms with E-state index in [1.807, 2.05) is 11.4 Å². The molecule has 1 aromatic rings. The van der Waals surface area contributed by atoms with Gasteiger partial charge in [0.2, 0.25) is 5.70 Å². The van der Waals surface area contributed by atoms with Crippen LogP contribution in [0.2, 0.25) is 0 Å². The summed E-state index contributed by atoms with van der Waals surface area (Å²) in [6, 6.07) is 1.86. The van der Waals surface area contributed by atoms with Crippen molar-refractivity contribution in [3.8, 4) is 0 Å². The SMILES string of the molecule is CCC(=Cc1cc(Br)cs1)[N+](=O)[O-]. The van der Waals surface area contributed by atoms with E-state index in [-0.39, 0.29) is 10.6 Å². The summed E-state index contributed by atoms with van der Waals surface area (Å²) in [5.41, 5.74) is 0.245. The van der Waals surface area contributed by atoms with E-state index in [1.54, 1.807) is 13.0 Å². The molecule has 0 amide bonds. The summed E-state index contributed by atoms with van der Waals surface area (Å²) >= 11 is 4.78. The largest absolute Gasteiger partial charge is 0.259 e. The molecule has 1 rings (SSSR count). The Morgan fingerprint density at radius 3 is 2.92 bits per heavy atom. The standard InChI is InChI=1S/C8H8BrNO2S/c1-2-7(10(11)12)4-8-3-6(9)5-13-8/h3-5H,2H2,1H3. The van der Waals surface area contributed by atoms with Crippen LogP contribution in [0, 0.1) is 10.1 Å². The molecule has 1 aromatic heterocycles. The lowest BCUT2D eigenvalue weighted by molar-refractivity contribution is -0.425. The van der Waals surface area contributed by atoms with Gasteiger partial charge in [0.1, 0.15) is 0 Å². The summed E-state index contributed by atoms with van der Waals surface area (Å²) in [4.78, 5) is 11.0. The molecule has 0 aromatic carbocycles. The zero-order valence-corrected chi connectivity index (χ0v) is 9.39. The first-order chi connectivity index (χ1) is 6.13. The predicted molar refractivity (Wildman–Crippen MR) is 57.3 cm³/mol. The molecule has 3 nitrogen and oxygen atoms in total. The van der Waals surface area contributed by atoms with Crippen LogP contribution >= 0.6 is 27.3 Å². The van der Waals surface area contributed by atoms with Gasteiger partial charge in [-0.05, 0) is 22.0 Å². The van der Waals surface area contributed by atoms with Gasteiger partial charge in [-0.25, -0.2) is 0 Å².